The first-order valence-corrected chi connectivity index (χ1v) is 11.1. The van der Waals surface area contributed by atoms with Gasteiger partial charge in [-0.3, -0.25) is 9.59 Å². The summed E-state index contributed by atoms with van der Waals surface area (Å²) in [7, 11) is 0. The lowest BCUT2D eigenvalue weighted by Gasteiger charge is -2.28. The quantitative estimate of drug-likeness (QED) is 0.515. The minimum absolute atomic E-state index is 0.0427. The Morgan fingerprint density at radius 1 is 0.879 bits per heavy atom. The maximum atomic E-state index is 12.6. The summed E-state index contributed by atoms with van der Waals surface area (Å²) >= 11 is 5.81. The molecule has 0 heterocycles. The van der Waals surface area contributed by atoms with Crippen LogP contribution in [0.3, 0.4) is 0 Å². The van der Waals surface area contributed by atoms with Gasteiger partial charge in [0, 0.05) is 17.5 Å². The third-order valence-electron chi connectivity index (χ3n) is 5.49. The smallest absolute Gasteiger partial charge is 0.416 e. The molecule has 33 heavy (non-hydrogen) atoms. The summed E-state index contributed by atoms with van der Waals surface area (Å²) in [5, 5.41) is 3.55. The molecule has 2 aromatic carbocycles. The summed E-state index contributed by atoms with van der Waals surface area (Å²) in [4.78, 5) is 24.3. The number of benzene rings is 2. The van der Waals surface area contributed by atoms with Crippen molar-refractivity contribution >= 4 is 23.3 Å². The van der Waals surface area contributed by atoms with Gasteiger partial charge < -0.3 is 14.8 Å². The second-order valence-corrected chi connectivity index (χ2v) is 8.52. The lowest BCUT2D eigenvalue weighted by Crippen LogP contribution is -2.40. The molecule has 1 aliphatic carbocycles. The van der Waals surface area contributed by atoms with Crippen molar-refractivity contribution < 1.29 is 32.2 Å². The Morgan fingerprint density at radius 2 is 1.42 bits per heavy atom. The fraction of sp³-hybridized carbons (Fsp3) is 0.417. The van der Waals surface area contributed by atoms with Crippen LogP contribution in [-0.4, -0.2) is 30.9 Å². The highest BCUT2D eigenvalue weighted by atomic mass is 35.5. The first-order valence-electron chi connectivity index (χ1n) is 10.7. The van der Waals surface area contributed by atoms with Crippen LogP contribution in [-0.2, 0) is 15.8 Å². The van der Waals surface area contributed by atoms with E-state index in [1.54, 1.807) is 24.3 Å². The molecule has 0 bridgehead atoms. The second kappa shape index (κ2) is 11.4. The van der Waals surface area contributed by atoms with E-state index >= 15 is 0 Å². The van der Waals surface area contributed by atoms with Crippen molar-refractivity contribution in [1.82, 2.24) is 5.32 Å². The van der Waals surface area contributed by atoms with Gasteiger partial charge in [-0.2, -0.15) is 13.2 Å². The van der Waals surface area contributed by atoms with Gasteiger partial charge in [0.05, 0.1) is 5.56 Å². The largest absolute Gasteiger partial charge is 0.486 e. The van der Waals surface area contributed by atoms with Gasteiger partial charge in [-0.25, -0.2) is 0 Å². The van der Waals surface area contributed by atoms with Gasteiger partial charge >= 0.3 is 6.18 Å². The van der Waals surface area contributed by atoms with Crippen LogP contribution in [0.5, 0.6) is 11.5 Å². The number of Topliss-reactive ketones (excluding diaryl/α,β-unsaturated/α-hetero) is 1. The molecule has 1 N–H and O–H groups in total. The SMILES string of the molecule is O=C(COc1ccc(C(F)(F)F)cc1)CC1CCC(NC(=O)COc2ccc(Cl)cc2)CC1. The zero-order valence-electron chi connectivity index (χ0n) is 17.9. The number of carbonyl (C=O) groups excluding carboxylic acids is 2. The monoisotopic (exact) mass is 483 g/mol. The number of carbonyl (C=O) groups is 2. The molecule has 0 unspecified atom stereocenters. The number of rotatable bonds is 9. The van der Waals surface area contributed by atoms with Crippen LogP contribution in [0.15, 0.2) is 48.5 Å². The predicted molar refractivity (Wildman–Crippen MR) is 117 cm³/mol. The highest BCUT2D eigenvalue weighted by Crippen LogP contribution is 2.30. The Balaban J connectivity index is 1.32. The summed E-state index contributed by atoms with van der Waals surface area (Å²) in [6.07, 6.45) is -0.920. The zero-order valence-corrected chi connectivity index (χ0v) is 18.6. The normalized spacial score (nSPS) is 18.4. The van der Waals surface area contributed by atoms with Crippen molar-refractivity contribution in [2.24, 2.45) is 5.92 Å². The van der Waals surface area contributed by atoms with Gasteiger partial charge in [0.1, 0.15) is 18.1 Å². The molecule has 1 fully saturated rings. The molecule has 9 heteroatoms. The van der Waals surface area contributed by atoms with E-state index in [0.717, 1.165) is 37.8 Å². The Hall–Kier alpha value is -2.74. The first-order chi connectivity index (χ1) is 15.7. The second-order valence-electron chi connectivity index (χ2n) is 8.08. The fourth-order valence-corrected chi connectivity index (χ4v) is 3.87. The van der Waals surface area contributed by atoms with Gasteiger partial charge in [0.15, 0.2) is 12.4 Å². The molecule has 0 spiro atoms. The minimum atomic E-state index is -4.41. The average molecular weight is 484 g/mol. The van der Waals surface area contributed by atoms with Crippen molar-refractivity contribution in [2.45, 2.75) is 44.3 Å². The molecule has 178 valence electrons. The Kier molecular flexibility index (Phi) is 8.61. The summed E-state index contributed by atoms with van der Waals surface area (Å²) < 4.78 is 48.5. The van der Waals surface area contributed by atoms with Crippen LogP contribution in [0.25, 0.3) is 0 Å². The predicted octanol–water partition coefficient (Wildman–Crippen LogP) is 5.45. The van der Waals surface area contributed by atoms with E-state index in [9.17, 15) is 22.8 Å². The zero-order chi connectivity index (χ0) is 23.8. The van der Waals surface area contributed by atoms with Gasteiger partial charge in [-0.1, -0.05) is 11.6 Å². The maximum Gasteiger partial charge on any atom is 0.416 e. The number of hydrogen-bond donors (Lipinski definition) is 1. The maximum absolute atomic E-state index is 12.6. The molecule has 3 rings (SSSR count). The van der Waals surface area contributed by atoms with Crippen LogP contribution in [0.4, 0.5) is 13.2 Å². The van der Waals surface area contributed by atoms with E-state index < -0.39 is 11.7 Å². The van der Waals surface area contributed by atoms with Crippen molar-refractivity contribution in [3.8, 4) is 11.5 Å². The van der Waals surface area contributed by atoms with Crippen molar-refractivity contribution in [3.05, 3.63) is 59.1 Å². The van der Waals surface area contributed by atoms with Crippen LogP contribution < -0.4 is 14.8 Å². The number of hydrogen-bond acceptors (Lipinski definition) is 4. The highest BCUT2D eigenvalue weighted by Gasteiger charge is 2.30. The van der Waals surface area contributed by atoms with E-state index in [-0.39, 0.29) is 42.6 Å². The molecule has 0 aromatic heterocycles. The van der Waals surface area contributed by atoms with E-state index in [4.69, 9.17) is 21.1 Å². The number of halogens is 4. The number of ketones is 1. The van der Waals surface area contributed by atoms with E-state index in [1.807, 2.05) is 0 Å². The van der Waals surface area contributed by atoms with E-state index in [1.165, 1.54) is 12.1 Å². The topological polar surface area (TPSA) is 64.6 Å². The summed E-state index contributed by atoms with van der Waals surface area (Å²) in [5.74, 6) is 0.694. The van der Waals surface area contributed by atoms with Gasteiger partial charge in [0.2, 0.25) is 0 Å². The Labute approximate surface area is 195 Å². The lowest BCUT2D eigenvalue weighted by molar-refractivity contribution is -0.137. The van der Waals surface area contributed by atoms with Crippen LogP contribution in [0.1, 0.15) is 37.7 Å². The Morgan fingerprint density at radius 3 is 2.00 bits per heavy atom. The molecule has 0 aliphatic heterocycles. The van der Waals surface area contributed by atoms with E-state index in [2.05, 4.69) is 5.32 Å². The Bertz CT molecular complexity index is 924. The number of ether oxygens (including phenoxy) is 2. The highest BCUT2D eigenvalue weighted by molar-refractivity contribution is 6.30. The van der Waals surface area contributed by atoms with Gasteiger partial charge in [-0.05, 0) is 80.1 Å². The van der Waals surface area contributed by atoms with Gasteiger partial charge in [0.25, 0.3) is 5.91 Å². The average Bonchev–Trinajstić information content (AvgIpc) is 2.78. The molecular weight excluding hydrogens is 459 g/mol. The molecule has 5 nitrogen and oxygen atoms in total. The van der Waals surface area contributed by atoms with E-state index in [0.29, 0.717) is 17.2 Å². The van der Waals surface area contributed by atoms with Crippen molar-refractivity contribution in [3.63, 3.8) is 0 Å². The summed E-state index contributed by atoms with van der Waals surface area (Å²) in [5.41, 5.74) is -0.762. The molecule has 0 radical (unpaired) electrons. The molecule has 0 atom stereocenters. The number of alkyl halides is 3. The molecule has 1 saturated carbocycles. The standard InChI is InChI=1S/C24H25ClF3NO4/c25-18-5-11-22(12-6-18)33-15-23(31)29-19-7-1-16(2-8-19)13-20(30)14-32-21-9-3-17(4-10-21)24(26,27)28/h3-6,9-12,16,19H,1-2,7-8,13-15H2,(H,29,31). The third-order valence-corrected chi connectivity index (χ3v) is 5.75. The fourth-order valence-electron chi connectivity index (χ4n) is 3.74. The summed E-state index contributed by atoms with van der Waals surface area (Å²) in [6, 6.07) is 11.1. The molecule has 1 amide bonds. The first kappa shape index (κ1) is 24.9. The summed E-state index contributed by atoms with van der Waals surface area (Å²) in [6.45, 7) is -0.259. The van der Waals surface area contributed by atoms with Crippen LogP contribution in [0.2, 0.25) is 5.02 Å². The van der Waals surface area contributed by atoms with Crippen LogP contribution >= 0.6 is 11.6 Å². The van der Waals surface area contributed by atoms with Gasteiger partial charge in [-0.15, -0.1) is 0 Å². The van der Waals surface area contributed by atoms with Crippen LogP contribution in [0, 0.1) is 5.92 Å². The molecule has 1 aliphatic rings. The molecular formula is C24H25ClF3NO4. The minimum Gasteiger partial charge on any atom is -0.486 e. The molecule has 0 saturated heterocycles. The number of nitrogens with one attached hydrogen (secondary N) is 1. The number of amides is 1. The van der Waals surface area contributed by atoms with Crippen molar-refractivity contribution in [2.75, 3.05) is 13.2 Å². The van der Waals surface area contributed by atoms with Crippen molar-refractivity contribution in [1.29, 1.82) is 0 Å². The molecule has 2 aromatic rings. The third kappa shape index (κ3) is 8.28. The lowest BCUT2D eigenvalue weighted by atomic mass is 9.83.